The average Bonchev–Trinajstić information content (AvgIpc) is 2.49. The van der Waals surface area contributed by atoms with Crippen LogP contribution < -0.4 is 5.32 Å². The van der Waals surface area contributed by atoms with Crippen molar-refractivity contribution >= 4 is 11.6 Å². The van der Waals surface area contributed by atoms with Crippen LogP contribution in [0.1, 0.15) is 56.3 Å². The fraction of sp³-hybridized carbons (Fsp3) is 0.667. The number of carbonyl (C=O) groups is 1. The summed E-state index contributed by atoms with van der Waals surface area (Å²) in [4.78, 5) is 22.9. The molecule has 0 radical (unpaired) electrons. The number of hydrogen-bond acceptors (Lipinski definition) is 5. The van der Waals surface area contributed by atoms with E-state index in [1.165, 1.54) is 0 Å². The lowest BCUT2D eigenvalue weighted by atomic mass is 10.2. The van der Waals surface area contributed by atoms with Gasteiger partial charge in [-0.15, -0.1) is 0 Å². The molecule has 1 rings (SSSR count). The molecule has 0 aliphatic rings. The van der Waals surface area contributed by atoms with Crippen LogP contribution in [0.25, 0.3) is 0 Å². The van der Waals surface area contributed by atoms with Crippen LogP contribution >= 0.6 is 0 Å². The zero-order chi connectivity index (χ0) is 15.8. The number of amides is 1. The Bertz CT molecular complexity index is 463. The number of likely N-dealkylation sites (N-methyl/N-ethyl adjacent to an activating group) is 1. The number of nitrogens with zero attached hydrogens (tertiary/aromatic N) is 3. The van der Waals surface area contributed by atoms with E-state index >= 15 is 0 Å². The maximum Gasteiger partial charge on any atom is 0.274 e. The van der Waals surface area contributed by atoms with Crippen molar-refractivity contribution in [1.82, 2.24) is 14.9 Å². The Kier molecular flexibility index (Phi) is 7.08. The molecule has 2 N–H and O–H groups in total. The van der Waals surface area contributed by atoms with Crippen LogP contribution in [0.15, 0.2) is 6.20 Å². The molecule has 0 aromatic carbocycles. The second kappa shape index (κ2) is 8.56. The zero-order valence-electron chi connectivity index (χ0n) is 13.4. The van der Waals surface area contributed by atoms with Gasteiger partial charge in [-0.3, -0.25) is 4.79 Å². The highest BCUT2D eigenvalue weighted by atomic mass is 16.3. The Balaban J connectivity index is 3.14. The Hall–Kier alpha value is -1.69. The highest BCUT2D eigenvalue weighted by Gasteiger charge is 2.21. The second-order valence-electron chi connectivity index (χ2n) is 5.18. The SMILES string of the molecule is CCCNc1cnc(C(C)C)nc1C(=O)N(CC)CCO. The van der Waals surface area contributed by atoms with Crippen molar-refractivity contribution in [2.45, 2.75) is 40.0 Å². The predicted octanol–water partition coefficient (Wildman–Crippen LogP) is 1.88. The van der Waals surface area contributed by atoms with Gasteiger partial charge in [-0.1, -0.05) is 20.8 Å². The molecule has 0 fully saturated rings. The molecule has 0 aliphatic carbocycles. The number of anilines is 1. The molecule has 1 aromatic heterocycles. The van der Waals surface area contributed by atoms with Gasteiger partial charge in [0.05, 0.1) is 18.5 Å². The molecule has 0 bridgehead atoms. The summed E-state index contributed by atoms with van der Waals surface area (Å²) in [7, 11) is 0. The summed E-state index contributed by atoms with van der Waals surface area (Å²) in [6.07, 6.45) is 2.63. The normalized spacial score (nSPS) is 10.8. The molecule has 21 heavy (non-hydrogen) atoms. The number of nitrogens with one attached hydrogen (secondary N) is 1. The van der Waals surface area contributed by atoms with Crippen LogP contribution in [0.5, 0.6) is 0 Å². The highest BCUT2D eigenvalue weighted by Crippen LogP contribution is 2.18. The third kappa shape index (κ3) is 4.67. The number of hydrogen-bond donors (Lipinski definition) is 2. The molecule has 0 aliphatic heterocycles. The van der Waals surface area contributed by atoms with Crippen molar-refractivity contribution in [3.05, 3.63) is 17.7 Å². The minimum atomic E-state index is -0.172. The van der Waals surface area contributed by atoms with E-state index in [9.17, 15) is 4.79 Å². The van der Waals surface area contributed by atoms with Crippen molar-refractivity contribution in [2.24, 2.45) is 0 Å². The van der Waals surface area contributed by atoms with Gasteiger partial charge in [0.1, 0.15) is 5.82 Å². The summed E-state index contributed by atoms with van der Waals surface area (Å²) in [6.45, 7) is 9.48. The number of aliphatic hydroxyl groups excluding tert-OH is 1. The van der Waals surface area contributed by atoms with Crippen molar-refractivity contribution in [2.75, 3.05) is 31.6 Å². The van der Waals surface area contributed by atoms with Crippen LogP contribution in [0.3, 0.4) is 0 Å². The smallest absolute Gasteiger partial charge is 0.274 e. The molecule has 0 spiro atoms. The lowest BCUT2D eigenvalue weighted by molar-refractivity contribution is 0.0726. The van der Waals surface area contributed by atoms with Gasteiger partial charge in [0.25, 0.3) is 5.91 Å². The quantitative estimate of drug-likeness (QED) is 0.765. The lowest BCUT2D eigenvalue weighted by Crippen LogP contribution is -2.34. The molecule has 0 saturated heterocycles. The van der Waals surface area contributed by atoms with Gasteiger partial charge in [0, 0.05) is 25.6 Å². The van der Waals surface area contributed by atoms with Gasteiger partial charge >= 0.3 is 0 Å². The first-order chi connectivity index (χ1) is 10.0. The highest BCUT2D eigenvalue weighted by molar-refractivity contribution is 5.97. The molecular weight excluding hydrogens is 268 g/mol. The number of aliphatic hydroxyl groups is 1. The topological polar surface area (TPSA) is 78.4 Å². The van der Waals surface area contributed by atoms with E-state index in [1.807, 2.05) is 20.8 Å². The minimum Gasteiger partial charge on any atom is -0.395 e. The first kappa shape index (κ1) is 17.4. The summed E-state index contributed by atoms with van der Waals surface area (Å²) in [5, 5.41) is 12.3. The maximum atomic E-state index is 12.6. The molecular formula is C15H26N4O2. The van der Waals surface area contributed by atoms with Gasteiger partial charge in [-0.25, -0.2) is 9.97 Å². The van der Waals surface area contributed by atoms with E-state index in [0.717, 1.165) is 13.0 Å². The number of carbonyl (C=O) groups excluding carboxylic acids is 1. The van der Waals surface area contributed by atoms with Crippen LogP contribution in [0.2, 0.25) is 0 Å². The molecule has 0 atom stereocenters. The monoisotopic (exact) mass is 294 g/mol. The minimum absolute atomic E-state index is 0.0561. The predicted molar refractivity (Wildman–Crippen MR) is 83.6 cm³/mol. The fourth-order valence-electron chi connectivity index (χ4n) is 1.90. The van der Waals surface area contributed by atoms with Crippen molar-refractivity contribution in [3.8, 4) is 0 Å². The standard InChI is InChI=1S/C15H26N4O2/c1-5-7-16-12-10-17-14(11(3)4)18-13(12)15(21)19(6-2)8-9-20/h10-11,16,20H,5-9H2,1-4H3. The molecule has 0 saturated carbocycles. The number of aromatic nitrogens is 2. The molecule has 1 aromatic rings. The summed E-state index contributed by atoms with van der Waals surface area (Å²) in [5.74, 6) is 0.639. The van der Waals surface area contributed by atoms with Gasteiger partial charge in [0.2, 0.25) is 0 Å². The Labute approximate surface area is 126 Å². The lowest BCUT2D eigenvalue weighted by Gasteiger charge is -2.21. The van der Waals surface area contributed by atoms with Crippen LogP contribution in [0, 0.1) is 0 Å². The first-order valence-corrected chi connectivity index (χ1v) is 7.56. The van der Waals surface area contributed by atoms with Crippen molar-refractivity contribution in [1.29, 1.82) is 0 Å². The van der Waals surface area contributed by atoms with E-state index in [1.54, 1.807) is 11.1 Å². The largest absolute Gasteiger partial charge is 0.395 e. The molecule has 118 valence electrons. The first-order valence-electron chi connectivity index (χ1n) is 7.56. The molecule has 1 amide bonds. The maximum absolute atomic E-state index is 12.6. The van der Waals surface area contributed by atoms with Crippen LogP contribution in [-0.4, -0.2) is 52.1 Å². The average molecular weight is 294 g/mol. The van der Waals surface area contributed by atoms with E-state index in [0.29, 0.717) is 30.3 Å². The van der Waals surface area contributed by atoms with Crippen molar-refractivity contribution in [3.63, 3.8) is 0 Å². The van der Waals surface area contributed by atoms with Gasteiger partial charge in [0.15, 0.2) is 5.69 Å². The molecule has 6 heteroatoms. The summed E-state index contributed by atoms with van der Waals surface area (Å²) in [5.41, 5.74) is 1.04. The van der Waals surface area contributed by atoms with Crippen LogP contribution in [0.4, 0.5) is 5.69 Å². The van der Waals surface area contributed by atoms with Gasteiger partial charge in [-0.05, 0) is 13.3 Å². The molecule has 1 heterocycles. The van der Waals surface area contributed by atoms with Crippen LogP contribution in [-0.2, 0) is 0 Å². The molecule has 6 nitrogen and oxygen atoms in total. The van der Waals surface area contributed by atoms with E-state index in [-0.39, 0.29) is 18.4 Å². The molecule has 0 unspecified atom stereocenters. The summed E-state index contributed by atoms with van der Waals surface area (Å²) in [6, 6.07) is 0. The summed E-state index contributed by atoms with van der Waals surface area (Å²) < 4.78 is 0. The van der Waals surface area contributed by atoms with Gasteiger partial charge in [-0.2, -0.15) is 0 Å². The Morgan fingerprint density at radius 2 is 2.14 bits per heavy atom. The van der Waals surface area contributed by atoms with E-state index < -0.39 is 0 Å². The number of rotatable bonds is 8. The van der Waals surface area contributed by atoms with Crippen molar-refractivity contribution < 1.29 is 9.90 Å². The van der Waals surface area contributed by atoms with E-state index in [2.05, 4.69) is 22.2 Å². The zero-order valence-corrected chi connectivity index (χ0v) is 13.4. The Morgan fingerprint density at radius 1 is 1.43 bits per heavy atom. The third-order valence-electron chi connectivity index (χ3n) is 3.13. The third-order valence-corrected chi connectivity index (χ3v) is 3.13. The second-order valence-corrected chi connectivity index (χ2v) is 5.18. The fourth-order valence-corrected chi connectivity index (χ4v) is 1.90. The Morgan fingerprint density at radius 3 is 2.67 bits per heavy atom. The van der Waals surface area contributed by atoms with Gasteiger partial charge < -0.3 is 15.3 Å². The summed E-state index contributed by atoms with van der Waals surface area (Å²) >= 11 is 0. The van der Waals surface area contributed by atoms with E-state index in [4.69, 9.17) is 5.11 Å².